The van der Waals surface area contributed by atoms with Crippen molar-refractivity contribution in [2.75, 3.05) is 13.2 Å². The molecular formula is C19H16ClNO3S. The summed E-state index contributed by atoms with van der Waals surface area (Å²) in [5, 5.41) is 4.39. The molecule has 6 heteroatoms. The van der Waals surface area contributed by atoms with Gasteiger partial charge in [-0.3, -0.25) is 4.79 Å². The fraction of sp³-hybridized carbons (Fsp3) is 0.158. The van der Waals surface area contributed by atoms with Crippen LogP contribution in [0.2, 0.25) is 5.02 Å². The third-order valence-electron chi connectivity index (χ3n) is 3.59. The summed E-state index contributed by atoms with van der Waals surface area (Å²) >= 11 is 7.27. The largest absolute Gasteiger partial charge is 0.451 e. The molecule has 0 aliphatic rings. The zero-order valence-corrected chi connectivity index (χ0v) is 14.9. The monoisotopic (exact) mass is 373 g/mol. The molecule has 4 nitrogen and oxygen atoms in total. The number of thiophene rings is 1. The Morgan fingerprint density at radius 1 is 1.08 bits per heavy atom. The predicted octanol–water partition coefficient (Wildman–Crippen LogP) is 4.07. The van der Waals surface area contributed by atoms with Crippen LogP contribution in [0.25, 0.3) is 10.1 Å². The molecule has 3 rings (SSSR count). The maximum Gasteiger partial charge on any atom is 0.348 e. The number of nitrogens with one attached hydrogen (secondary N) is 1. The summed E-state index contributed by atoms with van der Waals surface area (Å²) in [7, 11) is 0. The second-order valence-electron chi connectivity index (χ2n) is 5.45. The molecule has 2 aromatic carbocycles. The van der Waals surface area contributed by atoms with E-state index in [0.29, 0.717) is 22.9 Å². The Hall–Kier alpha value is -2.37. The molecule has 1 aromatic heterocycles. The first kappa shape index (κ1) is 17.5. The van der Waals surface area contributed by atoms with Gasteiger partial charge in [0.1, 0.15) is 4.88 Å². The maximum absolute atomic E-state index is 12.0. The van der Waals surface area contributed by atoms with Crippen molar-refractivity contribution in [2.45, 2.75) is 6.42 Å². The van der Waals surface area contributed by atoms with Crippen LogP contribution in [-0.2, 0) is 16.0 Å². The van der Waals surface area contributed by atoms with Gasteiger partial charge in [-0.05, 0) is 41.6 Å². The van der Waals surface area contributed by atoms with Crippen LogP contribution in [0.5, 0.6) is 0 Å². The number of carbonyl (C=O) groups excluding carboxylic acids is 2. The Morgan fingerprint density at radius 2 is 1.92 bits per heavy atom. The van der Waals surface area contributed by atoms with E-state index in [1.165, 1.54) is 11.3 Å². The van der Waals surface area contributed by atoms with Crippen LogP contribution in [0.15, 0.2) is 54.6 Å². The minimum Gasteiger partial charge on any atom is -0.451 e. The van der Waals surface area contributed by atoms with Gasteiger partial charge in [0.25, 0.3) is 5.91 Å². The van der Waals surface area contributed by atoms with Crippen molar-refractivity contribution >= 4 is 44.9 Å². The molecule has 0 radical (unpaired) electrons. The standard InChI is InChI=1S/C19H16ClNO3S/c20-15-6-3-4-13(10-15)8-9-21-18(22)12-24-19(23)17-11-14-5-1-2-7-16(14)25-17/h1-7,10-11H,8-9,12H2,(H,21,22). The topological polar surface area (TPSA) is 55.4 Å². The number of halogens is 1. The smallest absolute Gasteiger partial charge is 0.348 e. The highest BCUT2D eigenvalue weighted by Crippen LogP contribution is 2.25. The average Bonchev–Trinajstić information content (AvgIpc) is 3.04. The van der Waals surface area contributed by atoms with Crippen LogP contribution in [0.4, 0.5) is 0 Å². The summed E-state index contributed by atoms with van der Waals surface area (Å²) in [5.41, 5.74) is 1.04. The fourth-order valence-electron chi connectivity index (χ4n) is 2.37. The van der Waals surface area contributed by atoms with Gasteiger partial charge in [-0.2, -0.15) is 0 Å². The lowest BCUT2D eigenvalue weighted by molar-refractivity contribution is -0.124. The van der Waals surface area contributed by atoms with E-state index in [-0.39, 0.29) is 12.5 Å². The van der Waals surface area contributed by atoms with Gasteiger partial charge >= 0.3 is 5.97 Å². The highest BCUT2D eigenvalue weighted by atomic mass is 35.5. The minimum atomic E-state index is -0.480. The van der Waals surface area contributed by atoms with E-state index in [4.69, 9.17) is 16.3 Å². The maximum atomic E-state index is 12.0. The first-order valence-corrected chi connectivity index (χ1v) is 8.98. The number of ether oxygens (including phenoxy) is 1. The van der Waals surface area contributed by atoms with Gasteiger partial charge in [-0.1, -0.05) is 41.9 Å². The molecule has 25 heavy (non-hydrogen) atoms. The van der Waals surface area contributed by atoms with Crippen molar-refractivity contribution in [1.29, 1.82) is 0 Å². The Kier molecular flexibility index (Phi) is 5.68. The summed E-state index contributed by atoms with van der Waals surface area (Å²) < 4.78 is 6.09. The molecule has 128 valence electrons. The van der Waals surface area contributed by atoms with Crippen molar-refractivity contribution in [1.82, 2.24) is 5.32 Å². The van der Waals surface area contributed by atoms with E-state index in [1.807, 2.05) is 42.5 Å². The van der Waals surface area contributed by atoms with E-state index in [1.54, 1.807) is 12.1 Å². The fourth-order valence-corrected chi connectivity index (χ4v) is 3.54. The molecule has 0 aliphatic carbocycles. The molecule has 0 spiro atoms. The van der Waals surface area contributed by atoms with E-state index in [9.17, 15) is 9.59 Å². The molecular weight excluding hydrogens is 358 g/mol. The minimum absolute atomic E-state index is 0.289. The molecule has 0 aliphatic heterocycles. The van der Waals surface area contributed by atoms with Crippen LogP contribution >= 0.6 is 22.9 Å². The zero-order chi connectivity index (χ0) is 17.6. The van der Waals surface area contributed by atoms with Crippen molar-refractivity contribution in [3.05, 3.63) is 70.1 Å². The van der Waals surface area contributed by atoms with Gasteiger partial charge in [0, 0.05) is 16.3 Å². The number of carbonyl (C=O) groups is 2. The number of rotatable bonds is 6. The summed E-state index contributed by atoms with van der Waals surface area (Å²) in [5.74, 6) is -0.803. The third kappa shape index (κ3) is 4.81. The van der Waals surface area contributed by atoms with Crippen LogP contribution in [0.1, 0.15) is 15.2 Å². The van der Waals surface area contributed by atoms with E-state index >= 15 is 0 Å². The van der Waals surface area contributed by atoms with Crippen molar-refractivity contribution in [2.24, 2.45) is 0 Å². The number of hydrogen-bond donors (Lipinski definition) is 1. The lowest BCUT2D eigenvalue weighted by atomic mass is 10.1. The SMILES string of the molecule is O=C(COC(=O)c1cc2ccccc2s1)NCCc1cccc(Cl)c1. The quantitative estimate of drug-likeness (QED) is 0.662. The second kappa shape index (κ2) is 8.14. The van der Waals surface area contributed by atoms with Gasteiger partial charge in [-0.15, -0.1) is 11.3 Å². The molecule has 0 bridgehead atoms. The Balaban J connectivity index is 1.44. The normalized spacial score (nSPS) is 10.6. The van der Waals surface area contributed by atoms with Gasteiger partial charge in [-0.25, -0.2) is 4.79 Å². The van der Waals surface area contributed by atoms with Gasteiger partial charge in [0.2, 0.25) is 0 Å². The van der Waals surface area contributed by atoms with Gasteiger partial charge in [0.15, 0.2) is 6.61 Å². The molecule has 0 saturated heterocycles. The second-order valence-corrected chi connectivity index (χ2v) is 6.97. The van der Waals surface area contributed by atoms with Crippen LogP contribution < -0.4 is 5.32 Å². The first-order chi connectivity index (χ1) is 12.1. The number of amides is 1. The molecule has 0 atom stereocenters. The lowest BCUT2D eigenvalue weighted by Crippen LogP contribution is -2.30. The highest BCUT2D eigenvalue weighted by molar-refractivity contribution is 7.20. The molecule has 1 N–H and O–H groups in total. The number of hydrogen-bond acceptors (Lipinski definition) is 4. The van der Waals surface area contributed by atoms with Crippen molar-refractivity contribution < 1.29 is 14.3 Å². The van der Waals surface area contributed by atoms with Crippen LogP contribution in [0, 0.1) is 0 Å². The van der Waals surface area contributed by atoms with E-state index in [2.05, 4.69) is 5.32 Å². The van der Waals surface area contributed by atoms with Crippen LogP contribution in [0.3, 0.4) is 0 Å². The summed E-state index contributed by atoms with van der Waals surface area (Å²) in [6.07, 6.45) is 0.663. The van der Waals surface area contributed by atoms with E-state index in [0.717, 1.165) is 15.6 Å². The molecule has 0 unspecified atom stereocenters. The van der Waals surface area contributed by atoms with Crippen molar-refractivity contribution in [3.8, 4) is 0 Å². The molecule has 0 saturated carbocycles. The summed E-state index contributed by atoms with van der Waals surface area (Å²) in [6, 6.07) is 17.0. The molecule has 1 amide bonds. The number of benzene rings is 2. The van der Waals surface area contributed by atoms with Crippen molar-refractivity contribution in [3.63, 3.8) is 0 Å². The predicted molar refractivity (Wildman–Crippen MR) is 100 cm³/mol. The van der Waals surface area contributed by atoms with E-state index < -0.39 is 5.97 Å². The first-order valence-electron chi connectivity index (χ1n) is 7.79. The van der Waals surface area contributed by atoms with Gasteiger partial charge < -0.3 is 10.1 Å². The average molecular weight is 374 g/mol. The highest BCUT2D eigenvalue weighted by Gasteiger charge is 2.13. The number of esters is 1. The molecule has 3 aromatic rings. The Bertz CT molecular complexity index is 873. The van der Waals surface area contributed by atoms with Crippen LogP contribution in [-0.4, -0.2) is 25.0 Å². The van der Waals surface area contributed by atoms with Gasteiger partial charge in [0.05, 0.1) is 0 Å². The Labute approximate surface area is 154 Å². The third-order valence-corrected chi connectivity index (χ3v) is 4.92. The molecule has 0 fully saturated rings. The zero-order valence-electron chi connectivity index (χ0n) is 13.3. The Morgan fingerprint density at radius 3 is 2.72 bits per heavy atom. The summed E-state index contributed by atoms with van der Waals surface area (Å²) in [6.45, 7) is 0.169. The lowest BCUT2D eigenvalue weighted by Gasteiger charge is -2.06. The molecule has 1 heterocycles. The summed E-state index contributed by atoms with van der Waals surface area (Å²) in [4.78, 5) is 24.3. The number of fused-ring (bicyclic) bond motifs is 1.